The standard InChI is InChI=1S/C15H24/c1-13-7-4-5-8-14(2)11-12-15(3)10-6-9-13/h5,8-9,12,14H,4,6-7,10-11H2,1-3H3/b8-5+,13-9+,15-12-. The quantitative estimate of drug-likeness (QED) is 0.485. The molecule has 0 saturated carbocycles. The molecule has 1 aliphatic carbocycles. The second kappa shape index (κ2) is 6.66. The maximum Gasteiger partial charge on any atom is -0.0227 e. The molecule has 0 saturated heterocycles. The molecule has 84 valence electrons. The van der Waals surface area contributed by atoms with Gasteiger partial charge in [0, 0.05) is 0 Å². The fraction of sp³-hybridized carbons (Fsp3) is 0.600. The number of hydrogen-bond donors (Lipinski definition) is 0. The summed E-state index contributed by atoms with van der Waals surface area (Å²) in [6.45, 7) is 6.81. The van der Waals surface area contributed by atoms with E-state index < -0.39 is 0 Å². The highest BCUT2D eigenvalue weighted by molar-refractivity contribution is 5.06. The molecule has 1 atom stereocenters. The van der Waals surface area contributed by atoms with E-state index in [1.54, 1.807) is 11.1 Å². The van der Waals surface area contributed by atoms with Crippen LogP contribution in [-0.4, -0.2) is 0 Å². The maximum absolute atomic E-state index is 2.40. The molecule has 0 aliphatic heterocycles. The fourth-order valence-corrected chi connectivity index (χ4v) is 1.86. The summed E-state index contributed by atoms with van der Waals surface area (Å²) in [7, 11) is 0. The van der Waals surface area contributed by atoms with Crippen molar-refractivity contribution in [1.29, 1.82) is 0 Å². The molecule has 1 unspecified atom stereocenters. The van der Waals surface area contributed by atoms with Gasteiger partial charge in [0.25, 0.3) is 0 Å². The molecule has 0 amide bonds. The molecule has 1 rings (SSSR count). The lowest BCUT2D eigenvalue weighted by atomic mass is 10.0. The van der Waals surface area contributed by atoms with Crippen LogP contribution >= 0.6 is 0 Å². The summed E-state index contributed by atoms with van der Waals surface area (Å²) in [5, 5.41) is 0. The molecule has 0 bridgehead atoms. The van der Waals surface area contributed by atoms with E-state index in [1.165, 1.54) is 32.1 Å². The first kappa shape index (κ1) is 12.3. The van der Waals surface area contributed by atoms with Gasteiger partial charge in [0.05, 0.1) is 0 Å². The average molecular weight is 204 g/mol. The second-order valence-corrected chi connectivity index (χ2v) is 4.82. The van der Waals surface area contributed by atoms with Gasteiger partial charge in [-0.1, -0.05) is 42.4 Å². The van der Waals surface area contributed by atoms with Crippen LogP contribution in [0.2, 0.25) is 0 Å². The minimum atomic E-state index is 0.698. The molecular weight excluding hydrogens is 180 g/mol. The molecule has 0 nitrogen and oxygen atoms in total. The monoisotopic (exact) mass is 204 g/mol. The van der Waals surface area contributed by atoms with Gasteiger partial charge in [-0.05, 0) is 51.9 Å². The highest BCUT2D eigenvalue weighted by atomic mass is 14.0. The van der Waals surface area contributed by atoms with Crippen molar-refractivity contribution < 1.29 is 0 Å². The third kappa shape index (κ3) is 5.61. The molecule has 0 heteroatoms. The Morgan fingerprint density at radius 1 is 1.00 bits per heavy atom. The number of hydrogen-bond acceptors (Lipinski definition) is 0. The van der Waals surface area contributed by atoms with Crippen molar-refractivity contribution in [3.63, 3.8) is 0 Å². The molecule has 0 aromatic heterocycles. The van der Waals surface area contributed by atoms with Gasteiger partial charge in [-0.3, -0.25) is 0 Å². The average Bonchev–Trinajstić information content (AvgIpc) is 2.20. The molecule has 0 heterocycles. The minimum absolute atomic E-state index is 0.698. The van der Waals surface area contributed by atoms with Crippen molar-refractivity contribution in [2.75, 3.05) is 0 Å². The van der Waals surface area contributed by atoms with Gasteiger partial charge in [-0.25, -0.2) is 0 Å². The Labute approximate surface area is 94.8 Å². The van der Waals surface area contributed by atoms with E-state index in [0.29, 0.717) is 5.92 Å². The molecule has 0 N–H and O–H groups in total. The predicted molar refractivity (Wildman–Crippen MR) is 68.9 cm³/mol. The normalized spacial score (nSPS) is 33.9. The van der Waals surface area contributed by atoms with Gasteiger partial charge in [0.1, 0.15) is 0 Å². The van der Waals surface area contributed by atoms with Crippen molar-refractivity contribution in [3.8, 4) is 0 Å². The van der Waals surface area contributed by atoms with E-state index in [1.807, 2.05) is 0 Å². The highest BCUT2D eigenvalue weighted by Gasteiger charge is 1.97. The van der Waals surface area contributed by atoms with Crippen LogP contribution in [0.3, 0.4) is 0 Å². The first-order valence-electron chi connectivity index (χ1n) is 6.16. The summed E-state index contributed by atoms with van der Waals surface area (Å²) in [4.78, 5) is 0. The first-order valence-corrected chi connectivity index (χ1v) is 6.16. The lowest BCUT2D eigenvalue weighted by Gasteiger charge is -2.06. The van der Waals surface area contributed by atoms with Crippen LogP contribution in [0.5, 0.6) is 0 Å². The van der Waals surface area contributed by atoms with Gasteiger partial charge < -0.3 is 0 Å². The molecule has 0 aromatic carbocycles. The molecule has 0 radical (unpaired) electrons. The van der Waals surface area contributed by atoms with E-state index in [-0.39, 0.29) is 0 Å². The van der Waals surface area contributed by atoms with E-state index in [2.05, 4.69) is 45.1 Å². The minimum Gasteiger partial charge on any atom is -0.0879 e. The maximum atomic E-state index is 2.40. The van der Waals surface area contributed by atoms with Gasteiger partial charge >= 0.3 is 0 Å². The van der Waals surface area contributed by atoms with Gasteiger partial charge in [0.2, 0.25) is 0 Å². The molecular formula is C15H24. The van der Waals surface area contributed by atoms with Crippen molar-refractivity contribution in [2.24, 2.45) is 5.92 Å². The van der Waals surface area contributed by atoms with Gasteiger partial charge in [0.15, 0.2) is 0 Å². The topological polar surface area (TPSA) is 0 Å². The van der Waals surface area contributed by atoms with Crippen LogP contribution in [0.15, 0.2) is 35.5 Å². The number of rotatable bonds is 0. The molecule has 15 heavy (non-hydrogen) atoms. The van der Waals surface area contributed by atoms with E-state index >= 15 is 0 Å². The lowest BCUT2D eigenvalue weighted by molar-refractivity contribution is 0.729. The Morgan fingerprint density at radius 3 is 2.47 bits per heavy atom. The van der Waals surface area contributed by atoms with Gasteiger partial charge in [-0.2, -0.15) is 0 Å². The van der Waals surface area contributed by atoms with Crippen LogP contribution in [0.4, 0.5) is 0 Å². The predicted octanol–water partition coefficient (Wildman–Crippen LogP) is 5.04. The molecule has 0 aromatic rings. The van der Waals surface area contributed by atoms with E-state index in [4.69, 9.17) is 0 Å². The third-order valence-electron chi connectivity index (χ3n) is 3.04. The summed E-state index contributed by atoms with van der Waals surface area (Å²) in [5.74, 6) is 0.698. The van der Waals surface area contributed by atoms with Crippen molar-refractivity contribution in [3.05, 3.63) is 35.5 Å². The zero-order valence-corrected chi connectivity index (χ0v) is 10.4. The SMILES string of the molecule is C/C1=C/CC(C)/C=C/CC/C(C)=C/CC1. The summed E-state index contributed by atoms with van der Waals surface area (Å²) >= 11 is 0. The Bertz CT molecular complexity index is 266. The number of allylic oxidation sites excluding steroid dienone is 6. The molecule has 0 fully saturated rings. The van der Waals surface area contributed by atoms with Crippen LogP contribution in [0.25, 0.3) is 0 Å². The van der Waals surface area contributed by atoms with E-state index in [9.17, 15) is 0 Å². The van der Waals surface area contributed by atoms with Gasteiger partial charge in [-0.15, -0.1) is 0 Å². The summed E-state index contributed by atoms with van der Waals surface area (Å²) in [6, 6.07) is 0. The summed E-state index contributed by atoms with van der Waals surface area (Å²) in [5.41, 5.74) is 3.08. The van der Waals surface area contributed by atoms with Crippen LogP contribution < -0.4 is 0 Å². The zero-order valence-electron chi connectivity index (χ0n) is 10.4. The third-order valence-corrected chi connectivity index (χ3v) is 3.04. The highest BCUT2D eigenvalue weighted by Crippen LogP contribution is 2.15. The molecule has 1 aliphatic rings. The van der Waals surface area contributed by atoms with E-state index in [0.717, 1.165) is 0 Å². The first-order chi connectivity index (χ1) is 7.18. The smallest absolute Gasteiger partial charge is 0.0227 e. The summed E-state index contributed by atoms with van der Waals surface area (Å²) < 4.78 is 0. The van der Waals surface area contributed by atoms with Crippen LogP contribution in [0, 0.1) is 5.92 Å². The van der Waals surface area contributed by atoms with Crippen molar-refractivity contribution >= 4 is 0 Å². The lowest BCUT2D eigenvalue weighted by Crippen LogP contribution is -1.89. The van der Waals surface area contributed by atoms with Crippen LogP contribution in [-0.2, 0) is 0 Å². The van der Waals surface area contributed by atoms with Crippen molar-refractivity contribution in [2.45, 2.75) is 52.9 Å². The Balaban J connectivity index is 2.62. The Kier molecular flexibility index (Phi) is 5.45. The Morgan fingerprint density at radius 2 is 1.67 bits per heavy atom. The summed E-state index contributed by atoms with van der Waals surface area (Å²) in [6.07, 6.45) is 15.6. The second-order valence-electron chi connectivity index (χ2n) is 4.82. The Hall–Kier alpha value is -0.780. The van der Waals surface area contributed by atoms with Crippen LogP contribution in [0.1, 0.15) is 52.9 Å². The largest absolute Gasteiger partial charge is 0.0879 e. The zero-order chi connectivity index (χ0) is 11.1. The molecule has 0 spiro atoms. The fourth-order valence-electron chi connectivity index (χ4n) is 1.86. The van der Waals surface area contributed by atoms with Crippen molar-refractivity contribution in [1.82, 2.24) is 0 Å².